The molecule has 0 aliphatic heterocycles. The molecule has 4 fully saturated rings. The van der Waals surface area contributed by atoms with E-state index in [1.165, 1.54) is 19.3 Å². The Morgan fingerprint density at radius 3 is 1.57 bits per heavy atom. The van der Waals surface area contributed by atoms with Crippen LogP contribution in [-0.4, -0.2) is 18.0 Å². The molecule has 1 atom stereocenters. The van der Waals surface area contributed by atoms with Gasteiger partial charge in [-0.15, -0.1) is 12.4 Å². The molecule has 0 radical (unpaired) electrons. The maximum atomic E-state index is 13.5. The van der Waals surface area contributed by atoms with Crippen LogP contribution in [-0.2, 0) is 13.6 Å². The lowest BCUT2D eigenvalue weighted by atomic mass is 9.49. The van der Waals surface area contributed by atoms with Crippen LogP contribution < -0.4 is 5.73 Å². The molecule has 0 heterocycles. The first-order valence-corrected chi connectivity index (χ1v) is 10.6. The van der Waals surface area contributed by atoms with Crippen LogP contribution in [0.4, 0.5) is 0 Å². The Morgan fingerprint density at radius 1 is 0.913 bits per heavy atom. The minimum Gasteiger partial charge on any atom is -0.317 e. The maximum Gasteiger partial charge on any atom is 0.348 e. The molecule has 0 aromatic carbocycles. The van der Waals surface area contributed by atoms with Gasteiger partial charge in [-0.05, 0) is 89.4 Å². The third-order valence-electron chi connectivity index (χ3n) is 5.77. The summed E-state index contributed by atoms with van der Waals surface area (Å²) in [4.78, 5) is 0. The topological polar surface area (TPSA) is 61.5 Å². The molecule has 0 aromatic heterocycles. The van der Waals surface area contributed by atoms with Crippen molar-refractivity contribution in [2.75, 3.05) is 0 Å². The minimum atomic E-state index is -3.29. The fourth-order valence-electron chi connectivity index (χ4n) is 5.62. The molecule has 2 N–H and O–H groups in total. The van der Waals surface area contributed by atoms with Crippen LogP contribution in [0.5, 0.6) is 0 Å². The second kappa shape index (κ2) is 6.96. The summed E-state index contributed by atoms with van der Waals surface area (Å²) < 4.78 is 25.1. The van der Waals surface area contributed by atoms with E-state index in [1.54, 1.807) is 0 Å². The highest BCUT2D eigenvalue weighted by atomic mass is 35.5. The second-order valence-corrected chi connectivity index (χ2v) is 10.6. The zero-order chi connectivity index (χ0) is 16.1. The molecule has 0 spiro atoms. The van der Waals surface area contributed by atoms with Gasteiger partial charge < -0.3 is 14.8 Å². The Bertz CT molecular complexity index is 419. The van der Waals surface area contributed by atoms with Gasteiger partial charge in [-0.3, -0.25) is 4.57 Å². The summed E-state index contributed by atoms with van der Waals surface area (Å²) >= 11 is 0. The Kier molecular flexibility index (Phi) is 5.97. The van der Waals surface area contributed by atoms with Crippen LogP contribution in [0.2, 0.25) is 0 Å². The fourth-order valence-corrected chi connectivity index (χ4v) is 8.09. The lowest BCUT2D eigenvalue weighted by molar-refractivity contribution is -0.0596. The molecule has 4 saturated carbocycles. The van der Waals surface area contributed by atoms with Crippen molar-refractivity contribution < 1.29 is 13.6 Å². The van der Waals surface area contributed by atoms with E-state index in [-0.39, 0.29) is 30.0 Å². The van der Waals surface area contributed by atoms with Gasteiger partial charge in [0.15, 0.2) is 0 Å². The number of nitrogens with two attached hydrogens (primary N) is 1. The van der Waals surface area contributed by atoms with Crippen LogP contribution in [0.25, 0.3) is 0 Å². The van der Waals surface area contributed by atoms with Crippen molar-refractivity contribution in [3.63, 3.8) is 0 Å². The molecule has 4 nitrogen and oxygen atoms in total. The summed E-state index contributed by atoms with van der Waals surface area (Å²) in [6.07, 6.45) is 7.15. The zero-order valence-electron chi connectivity index (χ0n) is 14.9. The predicted molar refractivity (Wildman–Crippen MR) is 95.9 cm³/mol. The van der Waals surface area contributed by atoms with Gasteiger partial charge in [-0.2, -0.15) is 0 Å². The summed E-state index contributed by atoms with van der Waals surface area (Å²) in [5.41, 5.74) is 6.62. The van der Waals surface area contributed by atoms with Gasteiger partial charge in [0, 0.05) is 0 Å². The third kappa shape index (κ3) is 3.82. The second-order valence-electron chi connectivity index (χ2n) is 8.57. The lowest BCUT2D eigenvalue weighted by Crippen LogP contribution is -2.54. The summed E-state index contributed by atoms with van der Waals surface area (Å²) in [7, 11) is -3.29. The number of halogens is 1. The largest absolute Gasteiger partial charge is 0.348 e. The van der Waals surface area contributed by atoms with Crippen LogP contribution >= 0.6 is 20.0 Å². The van der Waals surface area contributed by atoms with Crippen LogP contribution in [0.1, 0.15) is 66.2 Å². The molecule has 0 saturated heterocycles. The molecule has 4 aliphatic carbocycles. The molecule has 6 heteroatoms. The zero-order valence-corrected chi connectivity index (χ0v) is 16.6. The van der Waals surface area contributed by atoms with Crippen LogP contribution in [0.15, 0.2) is 0 Å². The van der Waals surface area contributed by atoms with Gasteiger partial charge in [0.05, 0.1) is 12.2 Å². The Balaban J connectivity index is 0.00000192. The molecule has 0 amide bonds. The van der Waals surface area contributed by atoms with Crippen molar-refractivity contribution in [3.05, 3.63) is 0 Å². The first kappa shape index (κ1) is 19.7. The van der Waals surface area contributed by atoms with E-state index in [0.717, 1.165) is 37.0 Å². The van der Waals surface area contributed by atoms with Gasteiger partial charge in [-0.25, -0.2) is 0 Å². The molecular formula is C17H33ClNO3P. The highest BCUT2D eigenvalue weighted by molar-refractivity contribution is 7.54. The average Bonchev–Trinajstić information content (AvgIpc) is 2.33. The Labute approximate surface area is 147 Å². The molecule has 4 bridgehead atoms. The van der Waals surface area contributed by atoms with Gasteiger partial charge in [-0.1, -0.05) is 0 Å². The maximum absolute atomic E-state index is 13.5. The molecule has 136 valence electrons. The summed E-state index contributed by atoms with van der Waals surface area (Å²) in [6.45, 7) is 7.62. The quantitative estimate of drug-likeness (QED) is 0.676. The smallest absolute Gasteiger partial charge is 0.317 e. The highest BCUT2D eigenvalue weighted by Gasteiger charge is 2.58. The number of rotatable bonds is 6. The van der Waals surface area contributed by atoms with Crippen LogP contribution in [0, 0.1) is 23.2 Å². The summed E-state index contributed by atoms with van der Waals surface area (Å²) in [5, 5.41) is 0. The normalized spacial score (nSPS) is 37.3. The van der Waals surface area contributed by atoms with Crippen molar-refractivity contribution in [2.24, 2.45) is 28.9 Å². The minimum absolute atomic E-state index is 0. The van der Waals surface area contributed by atoms with Crippen molar-refractivity contribution in [1.29, 1.82) is 0 Å². The van der Waals surface area contributed by atoms with E-state index in [1.807, 2.05) is 27.7 Å². The number of hydrogen-bond acceptors (Lipinski definition) is 4. The monoisotopic (exact) mass is 365 g/mol. The lowest BCUT2D eigenvalue weighted by Gasteiger charge is -2.59. The van der Waals surface area contributed by atoms with Crippen molar-refractivity contribution in [1.82, 2.24) is 0 Å². The molecule has 4 rings (SSSR count). The Hall–Kier alpha value is 0.400. The predicted octanol–water partition coefficient (Wildman–Crippen LogP) is 4.95. The molecule has 0 aromatic rings. The molecule has 1 unspecified atom stereocenters. The van der Waals surface area contributed by atoms with Gasteiger partial charge >= 0.3 is 7.60 Å². The van der Waals surface area contributed by atoms with E-state index in [2.05, 4.69) is 0 Å². The molecule has 4 aliphatic rings. The van der Waals surface area contributed by atoms with E-state index < -0.39 is 13.4 Å². The first-order valence-electron chi connectivity index (χ1n) is 8.94. The SMILES string of the molecule is CC(C)OP(=O)(OC(C)C)C(N)C12CC3CC(CC(C3)C1)C2.Cl. The standard InChI is InChI=1S/C17H32NO3P.ClH/c1-11(2)20-22(19,21-12(3)4)16(18)17-8-13-5-14(9-17)7-15(6-13)10-17;/h11-16H,5-10,18H2,1-4H3;1H. The van der Waals surface area contributed by atoms with E-state index in [0.29, 0.717) is 0 Å². The van der Waals surface area contributed by atoms with Gasteiger partial charge in [0.1, 0.15) is 5.78 Å². The van der Waals surface area contributed by atoms with Crippen molar-refractivity contribution in [2.45, 2.75) is 84.2 Å². The average molecular weight is 366 g/mol. The van der Waals surface area contributed by atoms with Gasteiger partial charge in [0.2, 0.25) is 0 Å². The number of hydrogen-bond donors (Lipinski definition) is 1. The molecular weight excluding hydrogens is 333 g/mol. The summed E-state index contributed by atoms with van der Waals surface area (Å²) in [6, 6.07) is 0. The fraction of sp³-hybridized carbons (Fsp3) is 1.00. The van der Waals surface area contributed by atoms with Crippen LogP contribution in [0.3, 0.4) is 0 Å². The third-order valence-corrected chi connectivity index (χ3v) is 8.43. The summed E-state index contributed by atoms with van der Waals surface area (Å²) in [5.74, 6) is 1.87. The highest BCUT2D eigenvalue weighted by Crippen LogP contribution is 2.68. The van der Waals surface area contributed by atoms with Gasteiger partial charge in [0.25, 0.3) is 0 Å². The van der Waals surface area contributed by atoms with E-state index >= 15 is 0 Å². The first-order chi connectivity index (χ1) is 10.2. The Morgan fingerprint density at radius 2 is 1.26 bits per heavy atom. The van der Waals surface area contributed by atoms with Crippen molar-refractivity contribution >= 4 is 20.0 Å². The molecule has 23 heavy (non-hydrogen) atoms. The van der Waals surface area contributed by atoms with Crippen molar-refractivity contribution in [3.8, 4) is 0 Å². The van der Waals surface area contributed by atoms with E-state index in [9.17, 15) is 4.57 Å². The van der Waals surface area contributed by atoms with E-state index in [4.69, 9.17) is 14.8 Å².